The van der Waals surface area contributed by atoms with Gasteiger partial charge >= 0.3 is 0 Å². The van der Waals surface area contributed by atoms with Gasteiger partial charge in [0.15, 0.2) is 0 Å². The third-order valence-corrected chi connectivity index (χ3v) is 4.53. The van der Waals surface area contributed by atoms with E-state index in [0.29, 0.717) is 5.95 Å². The highest BCUT2D eigenvalue weighted by atomic mass is 32.2. The Morgan fingerprint density at radius 2 is 2.07 bits per heavy atom. The van der Waals surface area contributed by atoms with E-state index in [0.717, 1.165) is 12.8 Å². The highest BCUT2D eigenvalue weighted by Crippen LogP contribution is 2.32. The molecule has 78 valence electrons. The first kappa shape index (κ1) is 9.03. The molecule has 5 heteroatoms. The number of hydrogen-bond acceptors (Lipinski definition) is 3. The summed E-state index contributed by atoms with van der Waals surface area (Å²) in [6.07, 6.45) is 9.61. The molecule has 1 aliphatic carbocycles. The van der Waals surface area contributed by atoms with Crippen LogP contribution in [-0.2, 0) is 11.0 Å². The lowest BCUT2D eigenvalue weighted by molar-refractivity contribution is 0.581. The van der Waals surface area contributed by atoms with Crippen molar-refractivity contribution in [2.24, 2.45) is 0 Å². The largest absolute Gasteiger partial charge is 0.252 e. The second-order valence-corrected chi connectivity index (χ2v) is 5.27. The van der Waals surface area contributed by atoms with E-state index in [1.54, 1.807) is 18.5 Å². The van der Waals surface area contributed by atoms with E-state index in [1.165, 1.54) is 0 Å². The normalized spacial score (nSPS) is 33.3. The fourth-order valence-corrected chi connectivity index (χ4v) is 3.61. The van der Waals surface area contributed by atoms with Gasteiger partial charge in [0.1, 0.15) is 11.0 Å². The summed E-state index contributed by atoms with van der Waals surface area (Å²) in [7, 11) is -0.995. The van der Waals surface area contributed by atoms with Gasteiger partial charge < -0.3 is 0 Å². The van der Waals surface area contributed by atoms with Crippen molar-refractivity contribution in [2.45, 2.75) is 24.1 Å². The standard InChI is InChI=1S/C10H11N3OS/c14-15-9-4-2-8(3-5-9)13(15)10-11-6-1-7-12-10/h1-2,4,6-9H,3,5H2/t8-,9+,15?/m0/s1. The quantitative estimate of drug-likeness (QED) is 0.666. The van der Waals surface area contributed by atoms with Crippen molar-refractivity contribution in [3.05, 3.63) is 30.6 Å². The second-order valence-electron chi connectivity index (χ2n) is 3.72. The molecule has 3 aliphatic rings. The van der Waals surface area contributed by atoms with Crippen LogP contribution in [0.4, 0.5) is 5.95 Å². The Bertz CT molecular complexity index is 420. The van der Waals surface area contributed by atoms with Crippen molar-refractivity contribution in [3.63, 3.8) is 0 Å². The molecule has 1 unspecified atom stereocenters. The first-order valence-electron chi connectivity index (χ1n) is 5.01. The lowest BCUT2D eigenvalue weighted by Gasteiger charge is -2.39. The van der Waals surface area contributed by atoms with Gasteiger partial charge in [-0.1, -0.05) is 12.2 Å². The highest BCUT2D eigenvalue weighted by molar-refractivity contribution is 7.87. The van der Waals surface area contributed by atoms with Crippen LogP contribution in [0, 0.1) is 0 Å². The predicted octanol–water partition coefficient (Wildman–Crippen LogP) is 1.05. The summed E-state index contributed by atoms with van der Waals surface area (Å²) in [6.45, 7) is 0. The van der Waals surface area contributed by atoms with Crippen LogP contribution in [0.3, 0.4) is 0 Å². The minimum absolute atomic E-state index is 0.152. The Balaban J connectivity index is 2.01. The molecule has 2 bridgehead atoms. The zero-order chi connectivity index (χ0) is 10.3. The van der Waals surface area contributed by atoms with Gasteiger partial charge in [-0.3, -0.25) is 4.31 Å². The number of anilines is 1. The molecular weight excluding hydrogens is 210 g/mol. The zero-order valence-corrected chi connectivity index (χ0v) is 8.93. The lowest BCUT2D eigenvalue weighted by atomic mass is 10.0. The molecule has 0 amide bonds. The van der Waals surface area contributed by atoms with Crippen LogP contribution in [0.1, 0.15) is 12.8 Å². The van der Waals surface area contributed by atoms with E-state index in [-0.39, 0.29) is 11.3 Å². The minimum atomic E-state index is -0.995. The summed E-state index contributed by atoms with van der Waals surface area (Å²) >= 11 is 0. The molecule has 1 aromatic heterocycles. The second kappa shape index (κ2) is 3.41. The molecule has 0 aromatic carbocycles. The van der Waals surface area contributed by atoms with E-state index in [4.69, 9.17) is 0 Å². The van der Waals surface area contributed by atoms with Gasteiger partial charge in [0, 0.05) is 12.4 Å². The van der Waals surface area contributed by atoms with Crippen molar-refractivity contribution in [3.8, 4) is 0 Å². The maximum absolute atomic E-state index is 12.1. The Labute approximate surface area is 90.6 Å². The van der Waals surface area contributed by atoms with Crippen molar-refractivity contribution in [1.29, 1.82) is 0 Å². The van der Waals surface area contributed by atoms with Crippen LogP contribution in [0.15, 0.2) is 30.6 Å². The molecule has 2 aliphatic heterocycles. The average Bonchev–Trinajstić information content (AvgIpc) is 2.31. The van der Waals surface area contributed by atoms with E-state index < -0.39 is 11.0 Å². The molecular formula is C10H11N3OS. The van der Waals surface area contributed by atoms with Gasteiger partial charge in [0.25, 0.3) is 0 Å². The molecule has 4 rings (SSSR count). The molecule has 4 nitrogen and oxygen atoms in total. The van der Waals surface area contributed by atoms with Crippen LogP contribution in [0.2, 0.25) is 0 Å². The summed E-state index contributed by atoms with van der Waals surface area (Å²) in [4.78, 5) is 8.32. The summed E-state index contributed by atoms with van der Waals surface area (Å²) < 4.78 is 13.9. The fraction of sp³-hybridized carbons (Fsp3) is 0.400. The third-order valence-electron chi connectivity index (χ3n) is 2.80. The summed E-state index contributed by atoms with van der Waals surface area (Å²) in [5.41, 5.74) is 0. The van der Waals surface area contributed by atoms with Gasteiger partial charge in [-0.05, 0) is 18.9 Å². The molecule has 3 atom stereocenters. The topological polar surface area (TPSA) is 46.1 Å². The van der Waals surface area contributed by atoms with Crippen LogP contribution < -0.4 is 4.31 Å². The average molecular weight is 221 g/mol. The molecule has 1 saturated heterocycles. The number of aromatic nitrogens is 2. The molecule has 1 fully saturated rings. The van der Waals surface area contributed by atoms with Crippen molar-refractivity contribution < 1.29 is 4.21 Å². The molecule has 1 aromatic rings. The van der Waals surface area contributed by atoms with Crippen LogP contribution in [0.5, 0.6) is 0 Å². The number of fused-ring (bicyclic) bond motifs is 2. The van der Waals surface area contributed by atoms with Crippen LogP contribution in [-0.4, -0.2) is 25.5 Å². The molecule has 0 saturated carbocycles. The maximum atomic E-state index is 12.1. The first-order valence-corrected chi connectivity index (χ1v) is 6.18. The fourth-order valence-electron chi connectivity index (χ4n) is 2.06. The highest BCUT2D eigenvalue weighted by Gasteiger charge is 2.37. The Morgan fingerprint density at radius 1 is 1.27 bits per heavy atom. The third kappa shape index (κ3) is 1.38. The summed E-state index contributed by atoms with van der Waals surface area (Å²) in [6, 6.07) is 1.98. The molecule has 3 heterocycles. The first-order chi connectivity index (χ1) is 7.36. The molecule has 15 heavy (non-hydrogen) atoms. The number of rotatable bonds is 1. The summed E-state index contributed by atoms with van der Waals surface area (Å²) in [5, 5.41) is 0.152. The van der Waals surface area contributed by atoms with Gasteiger partial charge in [0.2, 0.25) is 5.95 Å². The minimum Gasteiger partial charge on any atom is -0.252 e. The Morgan fingerprint density at radius 3 is 2.67 bits per heavy atom. The number of hydrogen-bond donors (Lipinski definition) is 0. The van der Waals surface area contributed by atoms with Gasteiger partial charge in [-0.15, -0.1) is 0 Å². The number of nitrogens with zero attached hydrogens (tertiary/aromatic N) is 3. The van der Waals surface area contributed by atoms with Gasteiger partial charge in [-0.2, -0.15) is 0 Å². The van der Waals surface area contributed by atoms with Crippen LogP contribution in [0.25, 0.3) is 0 Å². The van der Waals surface area contributed by atoms with E-state index in [9.17, 15) is 4.21 Å². The van der Waals surface area contributed by atoms with E-state index in [2.05, 4.69) is 22.1 Å². The zero-order valence-electron chi connectivity index (χ0n) is 8.11. The Hall–Kier alpha value is -1.23. The monoisotopic (exact) mass is 221 g/mol. The van der Waals surface area contributed by atoms with E-state index in [1.807, 2.05) is 4.31 Å². The lowest BCUT2D eigenvalue weighted by Crippen LogP contribution is -2.48. The van der Waals surface area contributed by atoms with E-state index >= 15 is 0 Å². The Kier molecular flexibility index (Phi) is 2.05. The molecule has 0 spiro atoms. The van der Waals surface area contributed by atoms with Crippen LogP contribution >= 0.6 is 0 Å². The smallest absolute Gasteiger partial charge is 0.237 e. The predicted molar refractivity (Wildman–Crippen MR) is 58.6 cm³/mol. The SMILES string of the molecule is O=S1[C@@H]2C=C[C@@H](CC2)N1c1ncccn1. The van der Waals surface area contributed by atoms with Crippen molar-refractivity contribution in [1.82, 2.24) is 9.97 Å². The van der Waals surface area contributed by atoms with Crippen molar-refractivity contribution >= 4 is 16.9 Å². The summed E-state index contributed by atoms with van der Waals surface area (Å²) in [5.74, 6) is 0.579. The maximum Gasteiger partial charge on any atom is 0.237 e. The molecule has 0 N–H and O–H groups in total. The molecule has 0 radical (unpaired) electrons. The van der Waals surface area contributed by atoms with Crippen molar-refractivity contribution in [2.75, 3.05) is 4.31 Å². The van der Waals surface area contributed by atoms with Gasteiger partial charge in [-0.25, -0.2) is 14.2 Å². The van der Waals surface area contributed by atoms with Gasteiger partial charge in [0.05, 0.1) is 11.3 Å².